The number of rotatable bonds is 6. The molecule has 0 saturated carbocycles. The van der Waals surface area contributed by atoms with E-state index in [9.17, 15) is 19.1 Å². The third-order valence-electron chi connectivity index (χ3n) is 6.62. The second-order valence-corrected chi connectivity index (χ2v) is 9.76. The summed E-state index contributed by atoms with van der Waals surface area (Å²) < 4.78 is 16.1. The van der Waals surface area contributed by atoms with Gasteiger partial charge in [0.1, 0.15) is 35.6 Å². The van der Waals surface area contributed by atoms with E-state index in [0.717, 1.165) is 22.0 Å². The summed E-state index contributed by atoms with van der Waals surface area (Å²) in [6.45, 7) is 3.16. The maximum absolute atomic E-state index is 14.4. The van der Waals surface area contributed by atoms with Crippen molar-refractivity contribution in [3.8, 4) is 11.1 Å². The fourth-order valence-corrected chi connectivity index (χ4v) is 4.91. The molecule has 1 aliphatic rings. The van der Waals surface area contributed by atoms with Crippen LogP contribution in [0.2, 0.25) is 5.15 Å². The summed E-state index contributed by atoms with van der Waals surface area (Å²) in [6.07, 6.45) is 2.97. The zero-order valence-corrected chi connectivity index (χ0v) is 21.6. The van der Waals surface area contributed by atoms with Gasteiger partial charge in [-0.05, 0) is 43.7 Å². The molecule has 3 aromatic heterocycles. The molecule has 1 unspecified atom stereocenters. The number of alkyl halides is 1. The van der Waals surface area contributed by atoms with Gasteiger partial charge in [-0.1, -0.05) is 23.7 Å². The number of hydrogen-bond donors (Lipinski definition) is 2. The summed E-state index contributed by atoms with van der Waals surface area (Å²) >= 11 is 5.89. The molecule has 0 bridgehead atoms. The molecule has 4 heterocycles. The van der Waals surface area contributed by atoms with Crippen LogP contribution in [0, 0.1) is 6.92 Å². The Morgan fingerprint density at radius 2 is 1.97 bits per heavy atom. The predicted molar refractivity (Wildman–Crippen MR) is 141 cm³/mol. The van der Waals surface area contributed by atoms with Crippen molar-refractivity contribution in [1.29, 1.82) is 0 Å². The van der Waals surface area contributed by atoms with Crippen LogP contribution in [-0.4, -0.2) is 60.1 Å². The van der Waals surface area contributed by atoms with Gasteiger partial charge >= 0.3 is 0 Å². The predicted octanol–water partition coefficient (Wildman–Crippen LogP) is 4.09. The maximum Gasteiger partial charge on any atom is 0.248 e. The minimum absolute atomic E-state index is 0.106. The van der Waals surface area contributed by atoms with Crippen molar-refractivity contribution in [2.45, 2.75) is 45.1 Å². The highest BCUT2D eigenvalue weighted by Gasteiger charge is 2.40. The van der Waals surface area contributed by atoms with Gasteiger partial charge in [-0.15, -0.1) is 0 Å². The quantitative estimate of drug-likeness (QED) is 0.359. The van der Waals surface area contributed by atoms with Crippen molar-refractivity contribution in [1.82, 2.24) is 24.4 Å². The van der Waals surface area contributed by atoms with E-state index in [-0.39, 0.29) is 30.5 Å². The summed E-state index contributed by atoms with van der Waals surface area (Å²) in [4.78, 5) is 40.1. The van der Waals surface area contributed by atoms with Gasteiger partial charge in [-0.3, -0.25) is 9.59 Å². The van der Waals surface area contributed by atoms with Gasteiger partial charge in [0.05, 0.1) is 12.6 Å². The fourth-order valence-electron chi connectivity index (χ4n) is 4.74. The number of aromatic nitrogens is 4. The highest BCUT2D eigenvalue weighted by atomic mass is 35.5. The van der Waals surface area contributed by atoms with Crippen molar-refractivity contribution >= 4 is 40.1 Å². The number of carbonyl (C=O) groups is 2. The Kier molecular flexibility index (Phi) is 7.09. The van der Waals surface area contributed by atoms with E-state index in [1.54, 1.807) is 48.3 Å². The summed E-state index contributed by atoms with van der Waals surface area (Å²) in [5, 5.41) is 14.0. The van der Waals surface area contributed by atoms with Gasteiger partial charge < -0.3 is 19.9 Å². The van der Waals surface area contributed by atoms with Crippen molar-refractivity contribution in [2.24, 2.45) is 0 Å². The molecule has 0 aliphatic carbocycles. The summed E-state index contributed by atoms with van der Waals surface area (Å²) in [5.41, 5.74) is 3.07. The number of fused-ring (bicyclic) bond motifs is 1. The van der Waals surface area contributed by atoms with Crippen molar-refractivity contribution in [3.05, 3.63) is 71.5 Å². The zero-order chi connectivity index (χ0) is 27.0. The van der Waals surface area contributed by atoms with Crippen LogP contribution in [0.15, 0.2) is 55.0 Å². The number of anilines is 1. The Labute approximate surface area is 223 Å². The molecule has 1 aliphatic heterocycles. The molecule has 2 N–H and O–H groups in total. The zero-order valence-electron chi connectivity index (χ0n) is 20.8. The number of benzene rings is 1. The molecule has 5 rings (SSSR count). The molecule has 9 nitrogen and oxygen atoms in total. The number of pyridine rings is 1. The van der Waals surface area contributed by atoms with Crippen LogP contribution in [0.1, 0.15) is 30.8 Å². The topological polar surface area (TPSA) is 113 Å². The third kappa shape index (κ3) is 5.23. The maximum atomic E-state index is 14.4. The highest BCUT2D eigenvalue weighted by molar-refractivity contribution is 6.29. The van der Waals surface area contributed by atoms with Crippen LogP contribution in [0.25, 0.3) is 22.0 Å². The average molecular weight is 537 g/mol. The Balaban J connectivity index is 1.40. The number of halogens is 2. The van der Waals surface area contributed by atoms with Crippen molar-refractivity contribution < 1.29 is 19.1 Å². The van der Waals surface area contributed by atoms with E-state index in [1.807, 2.05) is 25.1 Å². The monoisotopic (exact) mass is 536 g/mol. The van der Waals surface area contributed by atoms with Crippen LogP contribution >= 0.6 is 11.6 Å². The lowest BCUT2D eigenvalue weighted by Gasteiger charge is -2.24. The molecule has 3 atom stereocenters. The molecule has 0 radical (unpaired) electrons. The molecule has 0 spiro atoms. The van der Waals surface area contributed by atoms with E-state index in [2.05, 4.69) is 20.3 Å². The summed E-state index contributed by atoms with van der Waals surface area (Å²) in [5.74, 6) is -0.0444. The minimum atomic E-state index is -1.32. The Hall–Kier alpha value is -3.89. The standard InChI is InChI=1S/C27H26ClFN6O3/c1-15(36)21-13-34(22-7-6-17(8-20(21)22)18-10-30-16(2)31-11-18)14-26(37)35-12-19(29)9-23(35)27(38)33-25-5-3-4-24(28)32-25/h3-8,10-11,13,15,19,23,36H,9,12,14H2,1-2H3,(H,32,33,38)/t15?,19-,23+/m1/s1. The van der Waals surface area contributed by atoms with E-state index >= 15 is 0 Å². The molecule has 2 amide bonds. The van der Waals surface area contributed by atoms with Gasteiger partial charge in [0.15, 0.2) is 0 Å². The normalized spacial score (nSPS) is 18.1. The molecule has 1 aromatic carbocycles. The lowest BCUT2D eigenvalue weighted by atomic mass is 10.0. The highest BCUT2D eigenvalue weighted by Crippen LogP contribution is 2.31. The van der Waals surface area contributed by atoms with E-state index in [0.29, 0.717) is 11.4 Å². The number of aryl methyl sites for hydroxylation is 1. The van der Waals surface area contributed by atoms with Crippen LogP contribution in [0.4, 0.5) is 10.2 Å². The summed E-state index contributed by atoms with van der Waals surface area (Å²) in [6, 6.07) is 9.47. The second-order valence-electron chi connectivity index (χ2n) is 9.37. The Bertz CT molecular complexity index is 1510. The Morgan fingerprint density at radius 3 is 2.68 bits per heavy atom. The number of aliphatic hydroxyl groups excluding tert-OH is 1. The van der Waals surface area contributed by atoms with E-state index < -0.39 is 30.1 Å². The lowest BCUT2D eigenvalue weighted by Crippen LogP contribution is -2.44. The van der Waals surface area contributed by atoms with Crippen LogP contribution in [0.5, 0.6) is 0 Å². The van der Waals surface area contributed by atoms with Gasteiger partial charge in [0.2, 0.25) is 11.8 Å². The largest absolute Gasteiger partial charge is 0.389 e. The minimum Gasteiger partial charge on any atom is -0.389 e. The molecular formula is C27H26ClFN6O3. The summed E-state index contributed by atoms with van der Waals surface area (Å²) in [7, 11) is 0. The first-order valence-corrected chi connectivity index (χ1v) is 12.5. The average Bonchev–Trinajstić information content (AvgIpc) is 3.45. The molecule has 11 heteroatoms. The fraction of sp³-hybridized carbons (Fsp3) is 0.296. The SMILES string of the molecule is Cc1ncc(-c2ccc3c(c2)c(C(C)O)cn3CC(=O)N2C[C@H](F)C[C@H]2C(=O)Nc2cccc(Cl)n2)cn1. The van der Waals surface area contributed by atoms with Gasteiger partial charge in [-0.25, -0.2) is 19.3 Å². The molecule has 4 aromatic rings. The number of hydrogen-bond acceptors (Lipinski definition) is 6. The first-order valence-electron chi connectivity index (χ1n) is 12.2. The van der Waals surface area contributed by atoms with Crippen LogP contribution < -0.4 is 5.32 Å². The van der Waals surface area contributed by atoms with Crippen molar-refractivity contribution in [2.75, 3.05) is 11.9 Å². The lowest BCUT2D eigenvalue weighted by molar-refractivity contribution is -0.137. The van der Waals surface area contributed by atoms with Gasteiger partial charge in [0.25, 0.3) is 0 Å². The van der Waals surface area contributed by atoms with Gasteiger partial charge in [0, 0.05) is 47.0 Å². The van der Waals surface area contributed by atoms with Crippen LogP contribution in [-0.2, 0) is 16.1 Å². The van der Waals surface area contributed by atoms with Crippen molar-refractivity contribution in [3.63, 3.8) is 0 Å². The number of aliphatic hydroxyl groups is 1. The van der Waals surface area contributed by atoms with Gasteiger partial charge in [-0.2, -0.15) is 0 Å². The number of carbonyl (C=O) groups excluding carboxylic acids is 2. The van der Waals surface area contributed by atoms with Crippen LogP contribution in [0.3, 0.4) is 0 Å². The molecular weight excluding hydrogens is 511 g/mol. The molecule has 38 heavy (non-hydrogen) atoms. The second kappa shape index (κ2) is 10.5. The molecule has 1 fully saturated rings. The number of nitrogens with one attached hydrogen (secondary N) is 1. The first-order chi connectivity index (χ1) is 18.2. The smallest absolute Gasteiger partial charge is 0.248 e. The molecule has 196 valence electrons. The first kappa shape index (κ1) is 25.7. The number of likely N-dealkylation sites (tertiary alicyclic amines) is 1. The number of nitrogens with zero attached hydrogens (tertiary/aromatic N) is 5. The van der Waals surface area contributed by atoms with E-state index in [4.69, 9.17) is 11.6 Å². The third-order valence-corrected chi connectivity index (χ3v) is 6.83. The number of amides is 2. The van der Waals surface area contributed by atoms with E-state index in [1.165, 1.54) is 4.90 Å². The Morgan fingerprint density at radius 1 is 1.21 bits per heavy atom. The molecule has 1 saturated heterocycles.